The van der Waals surface area contributed by atoms with Gasteiger partial charge in [0.05, 0.1) is 10.7 Å². The Labute approximate surface area is 181 Å². The molecule has 0 heterocycles. The van der Waals surface area contributed by atoms with Gasteiger partial charge in [0.1, 0.15) is 5.71 Å². The molecule has 0 aliphatic heterocycles. The van der Waals surface area contributed by atoms with Crippen molar-refractivity contribution in [2.75, 3.05) is 5.32 Å². The first kappa shape index (κ1) is 19.4. The van der Waals surface area contributed by atoms with Crippen molar-refractivity contribution in [3.63, 3.8) is 0 Å². The van der Waals surface area contributed by atoms with Crippen LogP contribution in [0.1, 0.15) is 57.8 Å². The van der Waals surface area contributed by atoms with Gasteiger partial charge in [-0.3, -0.25) is 10.2 Å². The smallest absolute Gasteiger partial charge is 0.269 e. The molecule has 6 rings (SSSR count). The Morgan fingerprint density at radius 1 is 1.07 bits per heavy atom. The van der Waals surface area contributed by atoms with Gasteiger partial charge in [-0.1, -0.05) is 23.2 Å². The van der Waals surface area contributed by atoms with Crippen molar-refractivity contribution < 1.29 is 4.79 Å². The van der Waals surface area contributed by atoms with Crippen LogP contribution in [0.25, 0.3) is 0 Å². The molecule has 1 aromatic carbocycles. The van der Waals surface area contributed by atoms with Crippen LogP contribution in [0.15, 0.2) is 29.5 Å². The standard InChI is InChI=1S/C23H27Cl2N3O/c24-16-5-6-20(18(25)9-16)27-19-4-2-1-3-17(19)21(26)22(29)28-23-10-13-7-14(11-23)15(8-13)12-23/h5-6,9,13-15,26-27H,1-4,7-8,10-12H2,(H,28,29). The lowest BCUT2D eigenvalue weighted by Gasteiger charge is -2.39. The van der Waals surface area contributed by atoms with Crippen molar-refractivity contribution in [1.29, 1.82) is 5.41 Å². The monoisotopic (exact) mass is 431 g/mol. The van der Waals surface area contributed by atoms with Crippen molar-refractivity contribution in [3.8, 4) is 0 Å². The highest BCUT2D eigenvalue weighted by Gasteiger charge is 2.56. The maximum atomic E-state index is 13.1. The Kier molecular flexibility index (Phi) is 4.90. The highest BCUT2D eigenvalue weighted by Crippen LogP contribution is 2.59. The zero-order valence-electron chi connectivity index (χ0n) is 16.5. The minimum Gasteiger partial charge on any atom is -0.357 e. The van der Waals surface area contributed by atoms with Gasteiger partial charge in [0.25, 0.3) is 5.91 Å². The number of halogens is 2. The summed E-state index contributed by atoms with van der Waals surface area (Å²) in [5.41, 5.74) is 2.60. The maximum Gasteiger partial charge on any atom is 0.269 e. The van der Waals surface area contributed by atoms with E-state index in [1.165, 1.54) is 12.8 Å². The predicted molar refractivity (Wildman–Crippen MR) is 118 cm³/mol. The van der Waals surface area contributed by atoms with Crippen molar-refractivity contribution in [1.82, 2.24) is 5.32 Å². The van der Waals surface area contributed by atoms with E-state index in [9.17, 15) is 4.79 Å². The Hall–Kier alpha value is -1.52. The number of hydrogen-bond donors (Lipinski definition) is 3. The van der Waals surface area contributed by atoms with E-state index in [0.29, 0.717) is 10.0 Å². The van der Waals surface area contributed by atoms with E-state index in [2.05, 4.69) is 10.6 Å². The van der Waals surface area contributed by atoms with Gasteiger partial charge in [-0.25, -0.2) is 0 Å². The lowest BCUT2D eigenvalue weighted by atomic mass is 9.75. The Balaban J connectivity index is 1.34. The number of amides is 1. The zero-order valence-corrected chi connectivity index (χ0v) is 18.0. The number of allylic oxidation sites excluding steroid dienone is 1. The van der Waals surface area contributed by atoms with Crippen molar-refractivity contribution >= 4 is 40.5 Å². The summed E-state index contributed by atoms with van der Waals surface area (Å²) < 4.78 is 0. The van der Waals surface area contributed by atoms with Gasteiger partial charge >= 0.3 is 0 Å². The summed E-state index contributed by atoms with van der Waals surface area (Å²) in [6, 6.07) is 5.34. The molecular formula is C23H27Cl2N3O. The summed E-state index contributed by atoms with van der Waals surface area (Å²) in [5.74, 6) is 2.16. The summed E-state index contributed by atoms with van der Waals surface area (Å²) >= 11 is 12.3. The first-order valence-corrected chi connectivity index (χ1v) is 11.5. The third-order valence-corrected chi connectivity index (χ3v) is 8.06. The fourth-order valence-electron chi connectivity index (χ4n) is 6.48. The van der Waals surface area contributed by atoms with E-state index >= 15 is 0 Å². The summed E-state index contributed by atoms with van der Waals surface area (Å²) in [5, 5.41) is 16.5. The molecule has 2 unspecified atom stereocenters. The SMILES string of the molecule is N=C(C(=O)NC12CC3CC(C1)C(C3)C2)C1=C(Nc2ccc(Cl)cc2Cl)CCCC1. The highest BCUT2D eigenvalue weighted by atomic mass is 35.5. The lowest BCUT2D eigenvalue weighted by molar-refractivity contribution is -0.117. The zero-order chi connectivity index (χ0) is 20.2. The third-order valence-electron chi connectivity index (χ3n) is 7.52. The molecule has 0 radical (unpaired) electrons. The molecule has 4 nitrogen and oxygen atoms in total. The summed E-state index contributed by atoms with van der Waals surface area (Å²) in [6.07, 6.45) is 9.63. The molecule has 0 saturated heterocycles. The number of benzene rings is 1. The molecule has 4 saturated carbocycles. The van der Waals surface area contributed by atoms with Crippen LogP contribution in [0.2, 0.25) is 10.0 Å². The molecule has 0 aromatic heterocycles. The van der Waals surface area contributed by atoms with Crippen LogP contribution in [0, 0.1) is 23.2 Å². The second kappa shape index (κ2) is 7.31. The molecule has 154 valence electrons. The Morgan fingerprint density at radius 3 is 2.48 bits per heavy atom. The fourth-order valence-corrected chi connectivity index (χ4v) is 6.93. The molecule has 0 spiro atoms. The van der Waals surface area contributed by atoms with Gasteiger partial charge in [0, 0.05) is 21.8 Å². The number of nitrogens with one attached hydrogen (secondary N) is 3. The summed E-state index contributed by atoms with van der Waals surface area (Å²) in [7, 11) is 0. The molecule has 29 heavy (non-hydrogen) atoms. The highest BCUT2D eigenvalue weighted by molar-refractivity contribution is 6.44. The second-order valence-electron chi connectivity index (χ2n) is 9.49. The van der Waals surface area contributed by atoms with E-state index in [1.807, 2.05) is 6.07 Å². The number of hydrogen-bond acceptors (Lipinski definition) is 3. The summed E-state index contributed by atoms with van der Waals surface area (Å²) in [6.45, 7) is 0. The molecular weight excluding hydrogens is 405 g/mol. The topological polar surface area (TPSA) is 65.0 Å². The van der Waals surface area contributed by atoms with Crippen LogP contribution in [0.4, 0.5) is 5.69 Å². The van der Waals surface area contributed by atoms with Crippen LogP contribution in [0.3, 0.4) is 0 Å². The quantitative estimate of drug-likeness (QED) is 0.504. The molecule has 6 heteroatoms. The largest absolute Gasteiger partial charge is 0.357 e. The van der Waals surface area contributed by atoms with Crippen LogP contribution in [-0.4, -0.2) is 17.2 Å². The number of carbonyl (C=O) groups is 1. The minimum absolute atomic E-state index is 0.0534. The van der Waals surface area contributed by atoms with E-state index in [0.717, 1.165) is 79.7 Å². The van der Waals surface area contributed by atoms with E-state index in [-0.39, 0.29) is 17.2 Å². The van der Waals surface area contributed by atoms with Gasteiger partial charge in [0.2, 0.25) is 0 Å². The first-order chi connectivity index (χ1) is 13.9. The van der Waals surface area contributed by atoms with Crippen molar-refractivity contribution in [2.24, 2.45) is 17.8 Å². The number of carbonyl (C=O) groups excluding carboxylic acids is 1. The maximum absolute atomic E-state index is 13.1. The van der Waals surface area contributed by atoms with Crippen molar-refractivity contribution in [2.45, 2.75) is 63.3 Å². The van der Waals surface area contributed by atoms with Gasteiger partial charge in [-0.15, -0.1) is 0 Å². The fraction of sp³-hybridized carbons (Fsp3) is 0.565. The van der Waals surface area contributed by atoms with Gasteiger partial charge in [-0.05, 0) is 93.7 Å². The Bertz CT molecular complexity index is 890. The molecule has 1 aromatic rings. The molecule has 1 amide bonds. The van der Waals surface area contributed by atoms with E-state index in [1.54, 1.807) is 12.1 Å². The predicted octanol–water partition coefficient (Wildman–Crippen LogP) is 5.95. The lowest BCUT2D eigenvalue weighted by Crippen LogP contribution is -2.52. The van der Waals surface area contributed by atoms with Crippen LogP contribution in [0.5, 0.6) is 0 Å². The summed E-state index contributed by atoms with van der Waals surface area (Å²) in [4.78, 5) is 13.1. The molecule has 4 fully saturated rings. The van der Waals surface area contributed by atoms with Crippen LogP contribution in [-0.2, 0) is 4.79 Å². The van der Waals surface area contributed by atoms with Gasteiger partial charge in [0.15, 0.2) is 0 Å². The average molecular weight is 432 g/mol. The molecule has 5 aliphatic rings. The molecule has 5 aliphatic carbocycles. The molecule has 4 bridgehead atoms. The molecule has 3 N–H and O–H groups in total. The second-order valence-corrected chi connectivity index (χ2v) is 10.3. The van der Waals surface area contributed by atoms with Gasteiger partial charge < -0.3 is 10.6 Å². The van der Waals surface area contributed by atoms with Crippen molar-refractivity contribution in [3.05, 3.63) is 39.5 Å². The normalized spacial score (nSPS) is 32.6. The van der Waals surface area contributed by atoms with E-state index in [4.69, 9.17) is 28.6 Å². The minimum atomic E-state index is -0.203. The van der Waals surface area contributed by atoms with E-state index < -0.39 is 0 Å². The third kappa shape index (κ3) is 3.59. The first-order valence-electron chi connectivity index (χ1n) is 10.8. The van der Waals surface area contributed by atoms with Gasteiger partial charge in [-0.2, -0.15) is 0 Å². The Morgan fingerprint density at radius 2 is 1.79 bits per heavy atom. The number of anilines is 1. The molecule has 2 atom stereocenters. The average Bonchev–Trinajstić information content (AvgIpc) is 3.10. The number of rotatable bonds is 5. The van der Waals surface area contributed by atoms with Crippen LogP contribution < -0.4 is 10.6 Å². The van der Waals surface area contributed by atoms with Crippen LogP contribution >= 0.6 is 23.2 Å².